The molecule has 2 N–H and O–H groups in total. The number of halogens is 1. The molecule has 7 heteroatoms. The van der Waals surface area contributed by atoms with Crippen LogP contribution in [0.4, 0.5) is 0 Å². The molecule has 0 amide bonds. The topological polar surface area (TPSA) is 54.9 Å². The largest absolute Gasteiger partial charge is 0.381 e. The zero-order valence-corrected chi connectivity index (χ0v) is 16.4. The summed E-state index contributed by atoms with van der Waals surface area (Å²) in [5.41, 5.74) is 0. The Morgan fingerprint density at radius 1 is 1.24 bits per heavy atom. The van der Waals surface area contributed by atoms with Gasteiger partial charge in [0.05, 0.1) is 6.10 Å². The Kier molecular flexibility index (Phi) is 10.1. The first kappa shape index (κ1) is 20.4. The van der Waals surface area contributed by atoms with Crippen LogP contribution in [0.2, 0.25) is 5.02 Å². The van der Waals surface area contributed by atoms with E-state index in [1.807, 2.05) is 24.3 Å². The standard InChI is InChI=1S/C18H28ClN3O2S/c1-20-18(21-9-2-11-24-16-7-12-23-13-8-16)22-10-14-25-17-5-3-15(19)4-6-17/h3-6,16H,2,7-14H2,1H3,(H2,20,21,22). The average Bonchev–Trinajstić information content (AvgIpc) is 2.65. The van der Waals surface area contributed by atoms with Crippen molar-refractivity contribution >= 4 is 29.3 Å². The quantitative estimate of drug-likeness (QED) is 0.296. The normalized spacial score (nSPS) is 16.0. The van der Waals surface area contributed by atoms with Crippen molar-refractivity contribution in [2.45, 2.75) is 30.3 Å². The fourth-order valence-corrected chi connectivity index (χ4v) is 3.36. The minimum atomic E-state index is 0.371. The summed E-state index contributed by atoms with van der Waals surface area (Å²) in [4.78, 5) is 5.46. The first-order valence-electron chi connectivity index (χ1n) is 8.80. The minimum Gasteiger partial charge on any atom is -0.381 e. The zero-order chi connectivity index (χ0) is 17.7. The van der Waals surface area contributed by atoms with Gasteiger partial charge in [0.25, 0.3) is 0 Å². The van der Waals surface area contributed by atoms with Crippen LogP contribution in [0.3, 0.4) is 0 Å². The lowest BCUT2D eigenvalue weighted by Crippen LogP contribution is -2.39. The molecule has 0 aromatic heterocycles. The Hall–Kier alpha value is -0.950. The molecule has 2 rings (SSSR count). The molecule has 1 aromatic carbocycles. The van der Waals surface area contributed by atoms with E-state index in [1.165, 1.54) is 4.90 Å². The van der Waals surface area contributed by atoms with E-state index in [1.54, 1.807) is 18.8 Å². The van der Waals surface area contributed by atoms with Gasteiger partial charge in [-0.3, -0.25) is 4.99 Å². The highest BCUT2D eigenvalue weighted by Gasteiger charge is 2.13. The van der Waals surface area contributed by atoms with Crippen LogP contribution in [0, 0.1) is 0 Å². The first-order chi connectivity index (χ1) is 12.3. The molecule has 0 bridgehead atoms. The molecule has 25 heavy (non-hydrogen) atoms. The summed E-state index contributed by atoms with van der Waals surface area (Å²) in [6.45, 7) is 4.14. The van der Waals surface area contributed by atoms with Crippen molar-refractivity contribution in [3.8, 4) is 0 Å². The van der Waals surface area contributed by atoms with E-state index in [-0.39, 0.29) is 0 Å². The molecule has 0 radical (unpaired) electrons. The van der Waals surface area contributed by atoms with Gasteiger partial charge in [0.15, 0.2) is 5.96 Å². The van der Waals surface area contributed by atoms with Crippen LogP contribution in [0.1, 0.15) is 19.3 Å². The highest BCUT2D eigenvalue weighted by molar-refractivity contribution is 7.99. The predicted molar refractivity (Wildman–Crippen MR) is 106 cm³/mol. The first-order valence-corrected chi connectivity index (χ1v) is 10.2. The lowest BCUT2D eigenvalue weighted by molar-refractivity contribution is -0.0320. The maximum atomic E-state index is 5.89. The number of aliphatic imine (C=N–C) groups is 1. The van der Waals surface area contributed by atoms with Crippen molar-refractivity contribution in [1.82, 2.24) is 10.6 Å². The zero-order valence-electron chi connectivity index (χ0n) is 14.8. The van der Waals surface area contributed by atoms with Crippen LogP contribution in [-0.4, -0.2) is 57.8 Å². The molecule has 1 fully saturated rings. The fourth-order valence-electron chi connectivity index (χ4n) is 2.46. The van der Waals surface area contributed by atoms with E-state index < -0.39 is 0 Å². The van der Waals surface area contributed by atoms with E-state index in [0.29, 0.717) is 6.10 Å². The number of benzene rings is 1. The molecule has 1 aliphatic heterocycles. The summed E-state index contributed by atoms with van der Waals surface area (Å²) in [7, 11) is 1.79. The summed E-state index contributed by atoms with van der Waals surface area (Å²) < 4.78 is 11.2. The van der Waals surface area contributed by atoms with E-state index in [2.05, 4.69) is 15.6 Å². The number of rotatable bonds is 9. The smallest absolute Gasteiger partial charge is 0.191 e. The molecule has 0 saturated carbocycles. The summed E-state index contributed by atoms with van der Waals surface area (Å²) in [6.07, 6.45) is 3.37. The van der Waals surface area contributed by atoms with Gasteiger partial charge in [-0.25, -0.2) is 0 Å². The van der Waals surface area contributed by atoms with E-state index in [9.17, 15) is 0 Å². The van der Waals surface area contributed by atoms with Gasteiger partial charge in [0.2, 0.25) is 0 Å². The molecule has 0 unspecified atom stereocenters. The third-order valence-electron chi connectivity index (χ3n) is 3.84. The number of hydrogen-bond acceptors (Lipinski definition) is 4. The van der Waals surface area contributed by atoms with Crippen molar-refractivity contribution in [3.05, 3.63) is 29.3 Å². The van der Waals surface area contributed by atoms with Crippen LogP contribution in [0.5, 0.6) is 0 Å². The van der Waals surface area contributed by atoms with Gasteiger partial charge < -0.3 is 20.1 Å². The highest BCUT2D eigenvalue weighted by Crippen LogP contribution is 2.19. The summed E-state index contributed by atoms with van der Waals surface area (Å²) >= 11 is 7.68. The number of thioether (sulfide) groups is 1. The molecule has 1 aromatic rings. The molecule has 1 aliphatic rings. The Morgan fingerprint density at radius 2 is 1.96 bits per heavy atom. The minimum absolute atomic E-state index is 0.371. The lowest BCUT2D eigenvalue weighted by atomic mass is 10.1. The molecule has 5 nitrogen and oxygen atoms in total. The van der Waals surface area contributed by atoms with E-state index in [4.69, 9.17) is 21.1 Å². The predicted octanol–water partition coefficient (Wildman–Crippen LogP) is 3.18. The SMILES string of the molecule is CN=C(NCCCOC1CCOCC1)NCCSc1ccc(Cl)cc1. The number of ether oxygens (including phenoxy) is 2. The Balaban J connectivity index is 1.49. The van der Waals surface area contributed by atoms with Crippen molar-refractivity contribution in [3.63, 3.8) is 0 Å². The van der Waals surface area contributed by atoms with Gasteiger partial charge in [-0.05, 0) is 43.5 Å². The Labute approximate surface area is 159 Å². The summed E-state index contributed by atoms with van der Waals surface area (Å²) in [5, 5.41) is 7.42. The number of nitrogens with one attached hydrogen (secondary N) is 2. The second-order valence-electron chi connectivity index (χ2n) is 5.76. The van der Waals surface area contributed by atoms with Gasteiger partial charge in [-0.15, -0.1) is 11.8 Å². The second kappa shape index (κ2) is 12.4. The van der Waals surface area contributed by atoms with Crippen molar-refractivity contribution in [1.29, 1.82) is 0 Å². The second-order valence-corrected chi connectivity index (χ2v) is 7.37. The van der Waals surface area contributed by atoms with Crippen LogP contribution in [0.15, 0.2) is 34.2 Å². The van der Waals surface area contributed by atoms with Crippen LogP contribution < -0.4 is 10.6 Å². The third kappa shape index (κ3) is 8.81. The number of hydrogen-bond donors (Lipinski definition) is 2. The van der Waals surface area contributed by atoms with Gasteiger partial charge in [0, 0.05) is 55.6 Å². The van der Waals surface area contributed by atoms with Gasteiger partial charge >= 0.3 is 0 Å². The average molecular weight is 386 g/mol. The molecule has 140 valence electrons. The Bertz CT molecular complexity index is 508. The van der Waals surface area contributed by atoms with Gasteiger partial charge in [-0.2, -0.15) is 0 Å². The van der Waals surface area contributed by atoms with Crippen molar-refractivity contribution in [2.75, 3.05) is 45.7 Å². The van der Waals surface area contributed by atoms with Crippen LogP contribution >= 0.6 is 23.4 Å². The number of nitrogens with zero attached hydrogens (tertiary/aromatic N) is 1. The monoisotopic (exact) mass is 385 g/mol. The van der Waals surface area contributed by atoms with Gasteiger partial charge in [-0.1, -0.05) is 11.6 Å². The lowest BCUT2D eigenvalue weighted by Gasteiger charge is -2.22. The third-order valence-corrected chi connectivity index (χ3v) is 5.10. The highest BCUT2D eigenvalue weighted by atomic mass is 35.5. The van der Waals surface area contributed by atoms with E-state index in [0.717, 1.165) is 68.9 Å². The Morgan fingerprint density at radius 3 is 2.68 bits per heavy atom. The summed E-state index contributed by atoms with van der Waals surface area (Å²) in [6, 6.07) is 7.91. The van der Waals surface area contributed by atoms with Crippen LogP contribution in [-0.2, 0) is 9.47 Å². The van der Waals surface area contributed by atoms with Crippen molar-refractivity contribution < 1.29 is 9.47 Å². The molecule has 1 saturated heterocycles. The fraction of sp³-hybridized carbons (Fsp3) is 0.611. The molecule has 1 heterocycles. The molecular formula is C18H28ClN3O2S. The molecule has 0 spiro atoms. The van der Waals surface area contributed by atoms with Gasteiger partial charge in [0.1, 0.15) is 0 Å². The van der Waals surface area contributed by atoms with Crippen LogP contribution in [0.25, 0.3) is 0 Å². The van der Waals surface area contributed by atoms with E-state index >= 15 is 0 Å². The molecule has 0 aliphatic carbocycles. The van der Waals surface area contributed by atoms with Crippen molar-refractivity contribution in [2.24, 2.45) is 4.99 Å². The number of guanidine groups is 1. The summed E-state index contributed by atoms with van der Waals surface area (Å²) in [5.74, 6) is 1.80. The maximum absolute atomic E-state index is 5.89. The molecule has 0 atom stereocenters. The maximum Gasteiger partial charge on any atom is 0.191 e. The molecular weight excluding hydrogens is 358 g/mol.